The Morgan fingerprint density at radius 3 is 2.20 bits per heavy atom. The molecule has 1 amide bonds. The number of carbonyl (C=O) groups is 1. The van der Waals surface area contributed by atoms with Crippen molar-refractivity contribution in [3.63, 3.8) is 0 Å². The van der Waals surface area contributed by atoms with Crippen molar-refractivity contribution in [1.82, 2.24) is 9.62 Å². The molecule has 2 aliphatic rings. The first-order chi connectivity index (χ1) is 14.5. The Kier molecular flexibility index (Phi) is 5.89. The average Bonchev–Trinajstić information content (AvgIpc) is 3.63. The van der Waals surface area contributed by atoms with Gasteiger partial charge >= 0.3 is 0 Å². The Morgan fingerprint density at radius 2 is 1.63 bits per heavy atom. The lowest BCUT2D eigenvalue weighted by molar-refractivity contribution is -0.127. The zero-order chi connectivity index (χ0) is 21.1. The van der Waals surface area contributed by atoms with Crippen LogP contribution in [-0.4, -0.2) is 31.7 Å². The molecule has 1 saturated carbocycles. The van der Waals surface area contributed by atoms with Gasteiger partial charge in [0.1, 0.15) is 0 Å². The van der Waals surface area contributed by atoms with Gasteiger partial charge in [-0.1, -0.05) is 30.3 Å². The largest absolute Gasteiger partial charge is 0.349 e. The fourth-order valence-corrected chi connectivity index (χ4v) is 5.51. The van der Waals surface area contributed by atoms with Crippen LogP contribution in [-0.2, 0) is 14.8 Å². The number of amides is 1. The van der Waals surface area contributed by atoms with Gasteiger partial charge < -0.3 is 5.32 Å². The smallest absolute Gasteiger partial charge is 0.243 e. The first-order valence-electron chi connectivity index (χ1n) is 10.3. The maximum absolute atomic E-state index is 12.9. The van der Waals surface area contributed by atoms with Gasteiger partial charge in [-0.15, -0.1) is 0 Å². The molecule has 2 aromatic carbocycles. The van der Waals surface area contributed by atoms with E-state index in [4.69, 9.17) is 5.26 Å². The minimum atomic E-state index is -3.61. The summed E-state index contributed by atoms with van der Waals surface area (Å²) in [7, 11) is -3.61. The predicted molar refractivity (Wildman–Crippen MR) is 113 cm³/mol. The molecule has 6 nitrogen and oxygen atoms in total. The molecule has 1 heterocycles. The van der Waals surface area contributed by atoms with E-state index in [1.807, 2.05) is 24.3 Å². The van der Waals surface area contributed by atoms with Gasteiger partial charge in [0.25, 0.3) is 0 Å². The lowest BCUT2D eigenvalue weighted by Crippen LogP contribution is -2.43. The number of carbonyl (C=O) groups excluding carboxylic acids is 1. The van der Waals surface area contributed by atoms with Crippen LogP contribution >= 0.6 is 0 Å². The van der Waals surface area contributed by atoms with E-state index in [-0.39, 0.29) is 22.8 Å². The minimum Gasteiger partial charge on any atom is -0.349 e. The monoisotopic (exact) mass is 423 g/mol. The van der Waals surface area contributed by atoms with E-state index in [0.29, 0.717) is 37.4 Å². The summed E-state index contributed by atoms with van der Waals surface area (Å²) < 4.78 is 27.2. The van der Waals surface area contributed by atoms with Gasteiger partial charge in [0, 0.05) is 19.0 Å². The molecule has 1 aliphatic carbocycles. The number of nitrogens with zero attached hydrogens (tertiary/aromatic N) is 2. The lowest BCUT2D eigenvalue weighted by Gasteiger charge is -2.31. The van der Waals surface area contributed by atoms with Crippen LogP contribution in [0.15, 0.2) is 59.5 Å². The van der Waals surface area contributed by atoms with Crippen molar-refractivity contribution in [1.29, 1.82) is 5.26 Å². The van der Waals surface area contributed by atoms with Crippen molar-refractivity contribution in [3.8, 4) is 6.07 Å². The topological polar surface area (TPSA) is 90.3 Å². The summed E-state index contributed by atoms with van der Waals surface area (Å²) in [6.07, 6.45) is 3.27. The quantitative estimate of drug-likeness (QED) is 0.772. The first-order valence-corrected chi connectivity index (χ1v) is 11.8. The molecule has 1 saturated heterocycles. The van der Waals surface area contributed by atoms with Gasteiger partial charge in [-0.25, -0.2) is 8.42 Å². The summed E-state index contributed by atoms with van der Waals surface area (Å²) >= 11 is 0. The van der Waals surface area contributed by atoms with Crippen LogP contribution in [0.4, 0.5) is 0 Å². The summed E-state index contributed by atoms with van der Waals surface area (Å²) in [5.74, 6) is 0.335. The maximum Gasteiger partial charge on any atom is 0.243 e. The molecule has 0 radical (unpaired) electrons. The highest BCUT2D eigenvalue weighted by Gasteiger charge is 2.36. The van der Waals surface area contributed by atoms with E-state index < -0.39 is 10.0 Å². The second-order valence-corrected chi connectivity index (χ2v) is 9.99. The van der Waals surface area contributed by atoms with Crippen molar-refractivity contribution in [3.05, 3.63) is 65.7 Å². The summed E-state index contributed by atoms with van der Waals surface area (Å²) in [6, 6.07) is 18.0. The number of benzene rings is 2. The first kappa shape index (κ1) is 20.6. The van der Waals surface area contributed by atoms with Crippen molar-refractivity contribution >= 4 is 15.9 Å². The molecule has 30 heavy (non-hydrogen) atoms. The van der Waals surface area contributed by atoms with Crippen LogP contribution in [0.1, 0.15) is 42.9 Å². The highest BCUT2D eigenvalue weighted by atomic mass is 32.2. The normalized spacial score (nSPS) is 19.0. The van der Waals surface area contributed by atoms with Crippen molar-refractivity contribution in [2.75, 3.05) is 13.1 Å². The Hall–Kier alpha value is -2.69. The molecular formula is C23H25N3O3S. The molecule has 1 atom stereocenters. The third kappa shape index (κ3) is 4.40. The molecule has 0 bridgehead atoms. The van der Waals surface area contributed by atoms with Crippen LogP contribution in [0, 0.1) is 23.2 Å². The van der Waals surface area contributed by atoms with E-state index >= 15 is 0 Å². The number of hydrogen-bond acceptors (Lipinski definition) is 4. The van der Waals surface area contributed by atoms with E-state index in [0.717, 1.165) is 18.4 Å². The number of piperidine rings is 1. The summed E-state index contributed by atoms with van der Waals surface area (Å²) in [6.45, 7) is 0.639. The lowest BCUT2D eigenvalue weighted by atomic mass is 9.95. The van der Waals surface area contributed by atoms with Crippen LogP contribution in [0.5, 0.6) is 0 Å². The molecule has 7 heteroatoms. The molecule has 1 N–H and O–H groups in total. The molecule has 156 valence electrons. The number of nitrogens with one attached hydrogen (secondary N) is 1. The standard InChI is InChI=1S/C23H25N3O3S/c24-16-17-6-10-21(11-7-17)30(28,29)26-14-12-20(13-15-26)23(27)25-22(19-8-9-19)18-4-2-1-3-5-18/h1-7,10-11,19-20,22H,8-9,12-15H2,(H,25,27)/t22-/m1/s1. The summed E-state index contributed by atoms with van der Waals surface area (Å²) in [5.41, 5.74) is 1.56. The number of sulfonamides is 1. The average molecular weight is 424 g/mol. The van der Waals surface area contributed by atoms with Gasteiger partial charge in [0.2, 0.25) is 15.9 Å². The third-order valence-corrected chi connectivity index (χ3v) is 7.91. The van der Waals surface area contributed by atoms with E-state index in [1.54, 1.807) is 0 Å². The van der Waals surface area contributed by atoms with Crippen LogP contribution < -0.4 is 5.32 Å². The fourth-order valence-electron chi connectivity index (χ4n) is 4.04. The second kappa shape index (κ2) is 8.58. The van der Waals surface area contributed by atoms with Gasteiger partial charge in [-0.2, -0.15) is 9.57 Å². The van der Waals surface area contributed by atoms with Crippen LogP contribution in [0.25, 0.3) is 0 Å². The molecule has 2 aromatic rings. The zero-order valence-electron chi connectivity index (χ0n) is 16.7. The molecule has 4 rings (SSSR count). The summed E-state index contributed by atoms with van der Waals surface area (Å²) in [5, 5.41) is 12.1. The van der Waals surface area contributed by atoms with Gasteiger partial charge in [0.15, 0.2) is 0 Å². The van der Waals surface area contributed by atoms with Crippen molar-refractivity contribution < 1.29 is 13.2 Å². The molecular weight excluding hydrogens is 398 g/mol. The highest BCUT2D eigenvalue weighted by Crippen LogP contribution is 2.41. The predicted octanol–water partition coefficient (Wildman–Crippen LogP) is 3.23. The van der Waals surface area contributed by atoms with Crippen LogP contribution in [0.2, 0.25) is 0 Å². The molecule has 0 aromatic heterocycles. The van der Waals surface area contributed by atoms with Gasteiger partial charge in [-0.3, -0.25) is 4.79 Å². The Morgan fingerprint density at radius 1 is 1.00 bits per heavy atom. The Balaban J connectivity index is 1.37. The second-order valence-electron chi connectivity index (χ2n) is 8.05. The van der Waals surface area contributed by atoms with E-state index in [9.17, 15) is 13.2 Å². The van der Waals surface area contributed by atoms with E-state index in [2.05, 4.69) is 17.4 Å². The maximum atomic E-state index is 12.9. The zero-order valence-corrected chi connectivity index (χ0v) is 17.5. The third-order valence-electron chi connectivity index (χ3n) is 6.00. The van der Waals surface area contributed by atoms with Gasteiger partial charge in [-0.05, 0) is 61.4 Å². The molecule has 0 unspecified atom stereocenters. The molecule has 2 fully saturated rings. The molecule has 0 spiro atoms. The van der Waals surface area contributed by atoms with Crippen molar-refractivity contribution in [2.24, 2.45) is 11.8 Å². The number of hydrogen-bond donors (Lipinski definition) is 1. The van der Waals surface area contributed by atoms with E-state index in [1.165, 1.54) is 28.6 Å². The summed E-state index contributed by atoms with van der Waals surface area (Å²) in [4.78, 5) is 13.1. The number of rotatable bonds is 6. The van der Waals surface area contributed by atoms with Gasteiger partial charge in [0.05, 0.1) is 22.6 Å². The fraction of sp³-hybridized carbons (Fsp3) is 0.391. The number of nitriles is 1. The Bertz CT molecular complexity index is 1030. The Labute approximate surface area is 177 Å². The van der Waals surface area contributed by atoms with Crippen LogP contribution in [0.3, 0.4) is 0 Å². The van der Waals surface area contributed by atoms with Crippen molar-refractivity contribution in [2.45, 2.75) is 36.6 Å². The SMILES string of the molecule is N#Cc1ccc(S(=O)(=O)N2CCC(C(=O)N[C@H](c3ccccc3)C3CC3)CC2)cc1. The highest BCUT2D eigenvalue weighted by molar-refractivity contribution is 7.89. The molecule has 1 aliphatic heterocycles. The minimum absolute atomic E-state index is 0.0196.